The van der Waals surface area contributed by atoms with Crippen LogP contribution >= 0.6 is 0 Å². The molecule has 0 aromatic heterocycles. The Kier molecular flexibility index (Phi) is 3.10. The first-order chi connectivity index (χ1) is 8.20. The smallest absolute Gasteiger partial charge is 0.236 e. The molecule has 0 aliphatic rings. The van der Waals surface area contributed by atoms with Gasteiger partial charge in [0.05, 0.1) is 5.56 Å². The number of Topliss-reactive ketones (excluding diaryl/α,β-unsaturated/α-hetero) is 2. The maximum atomic E-state index is 13.3. The Morgan fingerprint density at radius 2 is 1.35 bits per heavy atom. The molecule has 0 N–H and O–H groups in total. The zero-order valence-electron chi connectivity index (χ0n) is 8.89. The first-order valence-electron chi connectivity index (χ1n) is 5.09. The summed E-state index contributed by atoms with van der Waals surface area (Å²) in [5.74, 6) is -2.20. The van der Waals surface area contributed by atoms with E-state index < -0.39 is 17.4 Å². The van der Waals surface area contributed by atoms with Crippen LogP contribution in [0.3, 0.4) is 0 Å². The lowest BCUT2D eigenvalue weighted by Crippen LogP contribution is -2.15. The summed E-state index contributed by atoms with van der Waals surface area (Å²) in [6.45, 7) is 0. The number of ketones is 2. The average molecular weight is 228 g/mol. The number of hydrogen-bond donors (Lipinski definition) is 0. The second-order valence-corrected chi connectivity index (χ2v) is 3.50. The molecule has 0 heterocycles. The predicted octanol–water partition coefficient (Wildman–Crippen LogP) is 2.89. The van der Waals surface area contributed by atoms with Crippen LogP contribution in [0.4, 0.5) is 4.39 Å². The molecule has 2 nitrogen and oxygen atoms in total. The Hall–Kier alpha value is -2.29. The molecule has 84 valence electrons. The van der Waals surface area contributed by atoms with Gasteiger partial charge in [0, 0.05) is 5.56 Å². The molecule has 2 aromatic rings. The van der Waals surface area contributed by atoms with Crippen molar-refractivity contribution >= 4 is 11.6 Å². The molecule has 0 amide bonds. The molecule has 3 heteroatoms. The molecular formula is C14H9FO2. The summed E-state index contributed by atoms with van der Waals surface area (Å²) in [6.07, 6.45) is 0. The van der Waals surface area contributed by atoms with E-state index in [-0.39, 0.29) is 11.1 Å². The average Bonchev–Trinajstić information content (AvgIpc) is 2.39. The van der Waals surface area contributed by atoms with E-state index in [4.69, 9.17) is 0 Å². The Morgan fingerprint density at radius 1 is 0.765 bits per heavy atom. The van der Waals surface area contributed by atoms with E-state index in [0.717, 1.165) is 6.07 Å². The van der Waals surface area contributed by atoms with Gasteiger partial charge in [0.2, 0.25) is 11.6 Å². The summed E-state index contributed by atoms with van der Waals surface area (Å²) in [5.41, 5.74) is 0.0714. The molecule has 0 fully saturated rings. The Morgan fingerprint density at radius 3 is 2.00 bits per heavy atom. The zero-order chi connectivity index (χ0) is 12.3. The van der Waals surface area contributed by atoms with Gasteiger partial charge in [0.1, 0.15) is 5.82 Å². The molecule has 0 aliphatic heterocycles. The summed E-state index contributed by atoms with van der Waals surface area (Å²) in [7, 11) is 0. The van der Waals surface area contributed by atoms with E-state index in [1.165, 1.54) is 30.3 Å². The highest BCUT2D eigenvalue weighted by molar-refractivity contribution is 6.49. The van der Waals surface area contributed by atoms with Crippen LogP contribution < -0.4 is 0 Å². The third kappa shape index (κ3) is 2.28. The van der Waals surface area contributed by atoms with Gasteiger partial charge in [-0.3, -0.25) is 9.59 Å². The van der Waals surface area contributed by atoms with Crippen LogP contribution in [-0.2, 0) is 0 Å². The topological polar surface area (TPSA) is 34.1 Å². The fourth-order valence-corrected chi connectivity index (χ4v) is 1.49. The van der Waals surface area contributed by atoms with E-state index >= 15 is 0 Å². The molecule has 0 saturated heterocycles. The summed E-state index contributed by atoms with van der Waals surface area (Å²) in [4.78, 5) is 23.6. The SMILES string of the molecule is O=C(C(=O)c1ccccc1F)c1ccccc1. The number of halogens is 1. The number of carbonyl (C=O) groups is 2. The minimum Gasteiger partial charge on any atom is -0.285 e. The molecule has 0 atom stereocenters. The largest absolute Gasteiger partial charge is 0.285 e. The Labute approximate surface area is 97.7 Å². The lowest BCUT2D eigenvalue weighted by atomic mass is 10.0. The van der Waals surface area contributed by atoms with Crippen LogP contribution in [0.2, 0.25) is 0 Å². The number of hydrogen-bond acceptors (Lipinski definition) is 2. The summed E-state index contributed by atoms with van der Waals surface area (Å²) < 4.78 is 13.3. The van der Waals surface area contributed by atoms with Crippen LogP contribution in [0, 0.1) is 5.82 Å². The maximum Gasteiger partial charge on any atom is 0.236 e. The zero-order valence-corrected chi connectivity index (χ0v) is 8.89. The van der Waals surface area contributed by atoms with Crippen molar-refractivity contribution in [3.05, 3.63) is 71.5 Å². The number of rotatable bonds is 3. The molecule has 0 aliphatic carbocycles. The van der Waals surface area contributed by atoms with Crippen LogP contribution in [0.15, 0.2) is 54.6 Å². The van der Waals surface area contributed by atoms with E-state index in [1.54, 1.807) is 18.2 Å². The highest BCUT2D eigenvalue weighted by Gasteiger charge is 2.20. The van der Waals surface area contributed by atoms with E-state index in [2.05, 4.69) is 0 Å². The third-order valence-electron chi connectivity index (χ3n) is 2.36. The van der Waals surface area contributed by atoms with Crippen molar-refractivity contribution in [1.29, 1.82) is 0 Å². The normalized spacial score (nSPS) is 9.94. The van der Waals surface area contributed by atoms with E-state index in [1.807, 2.05) is 0 Å². The molecule has 0 bridgehead atoms. The van der Waals surface area contributed by atoms with Gasteiger partial charge in [-0.05, 0) is 12.1 Å². The summed E-state index contributed by atoms with van der Waals surface area (Å²) >= 11 is 0. The standard InChI is InChI=1S/C14H9FO2/c15-12-9-5-4-8-11(12)14(17)13(16)10-6-2-1-3-7-10/h1-9H. The lowest BCUT2D eigenvalue weighted by Gasteiger charge is -2.01. The Balaban J connectivity index is 2.34. The van der Waals surface area contributed by atoms with Gasteiger partial charge < -0.3 is 0 Å². The van der Waals surface area contributed by atoms with Crippen molar-refractivity contribution in [2.75, 3.05) is 0 Å². The second kappa shape index (κ2) is 4.70. The van der Waals surface area contributed by atoms with Crippen LogP contribution in [0.25, 0.3) is 0 Å². The summed E-state index contributed by atoms with van der Waals surface area (Å²) in [6, 6.07) is 13.6. The second-order valence-electron chi connectivity index (χ2n) is 3.50. The number of carbonyl (C=O) groups excluding carboxylic acids is 2. The highest BCUT2D eigenvalue weighted by atomic mass is 19.1. The maximum absolute atomic E-state index is 13.3. The van der Waals surface area contributed by atoms with Crippen LogP contribution in [-0.4, -0.2) is 11.6 Å². The highest BCUT2D eigenvalue weighted by Crippen LogP contribution is 2.11. The minimum atomic E-state index is -0.825. The third-order valence-corrected chi connectivity index (χ3v) is 2.36. The van der Waals surface area contributed by atoms with Gasteiger partial charge in [-0.25, -0.2) is 4.39 Å². The molecule has 2 aromatic carbocycles. The molecule has 0 radical (unpaired) electrons. The van der Waals surface area contributed by atoms with Crippen LogP contribution in [0.5, 0.6) is 0 Å². The van der Waals surface area contributed by atoms with Crippen molar-refractivity contribution in [2.45, 2.75) is 0 Å². The van der Waals surface area contributed by atoms with Gasteiger partial charge in [-0.2, -0.15) is 0 Å². The first kappa shape index (κ1) is 11.2. The van der Waals surface area contributed by atoms with Crippen LogP contribution in [0.1, 0.15) is 20.7 Å². The van der Waals surface area contributed by atoms with Gasteiger partial charge in [0.25, 0.3) is 0 Å². The monoisotopic (exact) mass is 228 g/mol. The predicted molar refractivity (Wildman–Crippen MR) is 61.5 cm³/mol. The Bertz CT molecular complexity index is 561. The lowest BCUT2D eigenvalue weighted by molar-refractivity contribution is 0.0814. The quantitative estimate of drug-likeness (QED) is 0.598. The fraction of sp³-hybridized carbons (Fsp3) is 0. The van der Waals surface area contributed by atoms with Gasteiger partial charge in [0.15, 0.2) is 0 Å². The van der Waals surface area contributed by atoms with Crippen molar-refractivity contribution in [3.8, 4) is 0 Å². The van der Waals surface area contributed by atoms with Crippen molar-refractivity contribution in [1.82, 2.24) is 0 Å². The molecule has 0 spiro atoms. The minimum absolute atomic E-state index is 0.193. The van der Waals surface area contributed by atoms with E-state index in [9.17, 15) is 14.0 Å². The molecular weight excluding hydrogens is 219 g/mol. The van der Waals surface area contributed by atoms with Crippen molar-refractivity contribution < 1.29 is 14.0 Å². The van der Waals surface area contributed by atoms with Crippen molar-refractivity contribution in [2.24, 2.45) is 0 Å². The van der Waals surface area contributed by atoms with Gasteiger partial charge in [-0.1, -0.05) is 42.5 Å². The fourth-order valence-electron chi connectivity index (χ4n) is 1.49. The molecule has 17 heavy (non-hydrogen) atoms. The van der Waals surface area contributed by atoms with Crippen molar-refractivity contribution in [3.63, 3.8) is 0 Å². The molecule has 0 unspecified atom stereocenters. The molecule has 2 rings (SSSR count). The van der Waals surface area contributed by atoms with E-state index in [0.29, 0.717) is 0 Å². The summed E-state index contributed by atoms with van der Waals surface area (Å²) in [5, 5.41) is 0. The van der Waals surface area contributed by atoms with Gasteiger partial charge in [-0.15, -0.1) is 0 Å². The number of benzene rings is 2. The van der Waals surface area contributed by atoms with Gasteiger partial charge >= 0.3 is 0 Å². The molecule has 0 saturated carbocycles. The first-order valence-corrected chi connectivity index (χ1v) is 5.09.